The first kappa shape index (κ1) is 14.2. The molecule has 1 saturated carbocycles. The third kappa shape index (κ3) is 2.84. The molecular formula is C15H17F3N2O. The average Bonchev–Trinajstić information content (AvgIpc) is 2.46. The van der Waals surface area contributed by atoms with E-state index in [9.17, 15) is 18.0 Å². The van der Waals surface area contributed by atoms with Gasteiger partial charge in [-0.05, 0) is 37.0 Å². The molecule has 0 saturated heterocycles. The first-order valence-electron chi connectivity index (χ1n) is 7.24. The Balaban J connectivity index is 1.83. The van der Waals surface area contributed by atoms with Gasteiger partial charge < -0.3 is 10.6 Å². The fraction of sp³-hybridized carbons (Fsp3) is 0.533. The Morgan fingerprint density at radius 2 is 1.76 bits per heavy atom. The molecule has 21 heavy (non-hydrogen) atoms. The number of benzene rings is 1. The number of halogens is 3. The summed E-state index contributed by atoms with van der Waals surface area (Å²) in [7, 11) is 0. The van der Waals surface area contributed by atoms with Crippen molar-refractivity contribution >= 4 is 17.3 Å². The van der Waals surface area contributed by atoms with E-state index in [0.29, 0.717) is 5.69 Å². The minimum absolute atomic E-state index is 0.210. The van der Waals surface area contributed by atoms with E-state index in [1.165, 1.54) is 12.5 Å². The van der Waals surface area contributed by atoms with Crippen LogP contribution < -0.4 is 10.6 Å². The van der Waals surface area contributed by atoms with Crippen molar-refractivity contribution in [2.24, 2.45) is 5.92 Å². The van der Waals surface area contributed by atoms with Crippen LogP contribution in [-0.4, -0.2) is 11.9 Å². The summed E-state index contributed by atoms with van der Waals surface area (Å²) in [4.78, 5) is 12.2. The van der Waals surface area contributed by atoms with E-state index in [0.717, 1.165) is 37.8 Å². The molecule has 1 unspecified atom stereocenters. The molecule has 0 radical (unpaired) electrons. The Labute approximate surface area is 120 Å². The highest BCUT2D eigenvalue weighted by atomic mass is 19.4. The molecule has 114 valence electrons. The fourth-order valence-corrected chi connectivity index (χ4v) is 3.19. The van der Waals surface area contributed by atoms with Gasteiger partial charge in [-0.25, -0.2) is 0 Å². The number of anilines is 2. The molecule has 0 bridgehead atoms. The average molecular weight is 298 g/mol. The second kappa shape index (κ2) is 5.24. The Bertz CT molecular complexity index is 550. The largest absolute Gasteiger partial charge is 0.416 e. The molecule has 1 heterocycles. The zero-order valence-corrected chi connectivity index (χ0v) is 11.5. The van der Waals surface area contributed by atoms with Gasteiger partial charge in [0, 0.05) is 0 Å². The van der Waals surface area contributed by atoms with E-state index in [4.69, 9.17) is 0 Å². The maximum atomic E-state index is 12.7. The van der Waals surface area contributed by atoms with E-state index in [2.05, 4.69) is 10.6 Å². The van der Waals surface area contributed by atoms with E-state index >= 15 is 0 Å². The molecule has 1 aliphatic heterocycles. The number of nitrogens with one attached hydrogen (secondary N) is 2. The van der Waals surface area contributed by atoms with Gasteiger partial charge in [0.15, 0.2) is 0 Å². The molecule has 3 nitrogen and oxygen atoms in total. The van der Waals surface area contributed by atoms with Crippen molar-refractivity contribution in [1.29, 1.82) is 0 Å². The number of rotatable bonds is 1. The highest BCUT2D eigenvalue weighted by molar-refractivity contribution is 6.03. The molecule has 2 aliphatic rings. The van der Waals surface area contributed by atoms with E-state index in [-0.39, 0.29) is 23.6 Å². The molecule has 0 aromatic heterocycles. The van der Waals surface area contributed by atoms with Crippen molar-refractivity contribution in [3.8, 4) is 0 Å². The number of amides is 1. The maximum absolute atomic E-state index is 12.7. The van der Waals surface area contributed by atoms with Crippen molar-refractivity contribution in [2.75, 3.05) is 10.6 Å². The van der Waals surface area contributed by atoms with Crippen LogP contribution in [-0.2, 0) is 11.0 Å². The normalized spacial score (nSPS) is 23.2. The molecule has 3 rings (SSSR count). The van der Waals surface area contributed by atoms with Crippen LogP contribution in [0.25, 0.3) is 0 Å². The number of fused-ring (bicyclic) bond motifs is 1. The summed E-state index contributed by atoms with van der Waals surface area (Å²) in [6, 6.07) is 3.08. The molecule has 2 N–H and O–H groups in total. The van der Waals surface area contributed by atoms with Gasteiger partial charge in [-0.1, -0.05) is 19.3 Å². The number of carbonyl (C=O) groups excluding carboxylic acids is 1. The maximum Gasteiger partial charge on any atom is 0.416 e. The smallest absolute Gasteiger partial charge is 0.372 e. The summed E-state index contributed by atoms with van der Waals surface area (Å²) in [5.41, 5.74) is 0.0273. The van der Waals surface area contributed by atoms with Crippen LogP contribution in [0.15, 0.2) is 18.2 Å². The molecule has 1 aromatic rings. The van der Waals surface area contributed by atoms with Crippen LogP contribution >= 0.6 is 0 Å². The molecule has 1 atom stereocenters. The summed E-state index contributed by atoms with van der Waals surface area (Å²) >= 11 is 0. The van der Waals surface area contributed by atoms with Gasteiger partial charge in [0.2, 0.25) is 5.91 Å². The van der Waals surface area contributed by atoms with Gasteiger partial charge in [0.05, 0.1) is 16.9 Å². The molecular weight excluding hydrogens is 281 g/mol. The van der Waals surface area contributed by atoms with Crippen molar-refractivity contribution in [3.63, 3.8) is 0 Å². The number of carbonyl (C=O) groups is 1. The minimum Gasteiger partial charge on any atom is -0.372 e. The lowest BCUT2D eigenvalue weighted by atomic mass is 9.82. The Hall–Kier alpha value is -1.72. The Morgan fingerprint density at radius 3 is 2.43 bits per heavy atom. The zero-order chi connectivity index (χ0) is 15.0. The first-order chi connectivity index (χ1) is 9.95. The van der Waals surface area contributed by atoms with E-state index in [1.807, 2.05) is 0 Å². The van der Waals surface area contributed by atoms with Crippen LogP contribution in [0.1, 0.15) is 37.7 Å². The van der Waals surface area contributed by atoms with Gasteiger partial charge in [-0.15, -0.1) is 0 Å². The molecule has 0 spiro atoms. The van der Waals surface area contributed by atoms with Gasteiger partial charge in [-0.3, -0.25) is 4.79 Å². The molecule has 1 aromatic carbocycles. The second-order valence-electron chi connectivity index (χ2n) is 5.77. The fourth-order valence-electron chi connectivity index (χ4n) is 3.19. The second-order valence-corrected chi connectivity index (χ2v) is 5.77. The quantitative estimate of drug-likeness (QED) is 0.822. The van der Waals surface area contributed by atoms with E-state index < -0.39 is 11.7 Å². The van der Waals surface area contributed by atoms with Crippen molar-refractivity contribution in [2.45, 2.75) is 44.3 Å². The lowest BCUT2D eigenvalue weighted by molar-refractivity contribution is -0.137. The summed E-state index contributed by atoms with van der Waals surface area (Å²) in [5.74, 6) is 0.0305. The summed E-state index contributed by atoms with van der Waals surface area (Å²) in [6.07, 6.45) is 0.977. The lowest BCUT2D eigenvalue weighted by Gasteiger charge is -2.34. The SMILES string of the molecule is O=C1Nc2cc(C(F)(F)F)ccc2NC1C1CCCCC1. The Morgan fingerprint density at radius 1 is 1.05 bits per heavy atom. The molecule has 1 fully saturated rings. The molecule has 1 amide bonds. The first-order valence-corrected chi connectivity index (χ1v) is 7.24. The lowest BCUT2D eigenvalue weighted by Crippen LogP contribution is -2.44. The van der Waals surface area contributed by atoms with Crippen molar-refractivity contribution in [1.82, 2.24) is 0 Å². The molecule has 6 heteroatoms. The van der Waals surface area contributed by atoms with Gasteiger partial charge in [0.25, 0.3) is 0 Å². The van der Waals surface area contributed by atoms with Crippen LogP contribution in [0.4, 0.5) is 24.5 Å². The predicted molar refractivity (Wildman–Crippen MR) is 74.1 cm³/mol. The van der Waals surface area contributed by atoms with Crippen LogP contribution in [0.5, 0.6) is 0 Å². The van der Waals surface area contributed by atoms with E-state index in [1.54, 1.807) is 0 Å². The predicted octanol–water partition coefficient (Wildman–Crippen LogP) is 4.02. The monoisotopic (exact) mass is 298 g/mol. The third-order valence-electron chi connectivity index (χ3n) is 4.32. The van der Waals surface area contributed by atoms with Crippen LogP contribution in [0.3, 0.4) is 0 Å². The summed E-state index contributed by atoms with van der Waals surface area (Å²) < 4.78 is 38.1. The van der Waals surface area contributed by atoms with Gasteiger partial charge in [0.1, 0.15) is 6.04 Å². The standard InChI is InChI=1S/C15H17F3N2O/c16-15(17,18)10-6-7-11-12(8-10)20-14(21)13(19-11)9-4-2-1-3-5-9/h6-9,13,19H,1-5H2,(H,20,21). The summed E-state index contributed by atoms with van der Waals surface area (Å²) in [6.45, 7) is 0. The minimum atomic E-state index is -4.40. The van der Waals surface area contributed by atoms with Gasteiger partial charge >= 0.3 is 6.18 Å². The van der Waals surface area contributed by atoms with Crippen LogP contribution in [0.2, 0.25) is 0 Å². The van der Waals surface area contributed by atoms with Gasteiger partial charge in [-0.2, -0.15) is 13.2 Å². The van der Waals surface area contributed by atoms with Crippen molar-refractivity contribution in [3.05, 3.63) is 23.8 Å². The zero-order valence-electron chi connectivity index (χ0n) is 11.5. The summed E-state index contributed by atoms with van der Waals surface area (Å²) in [5, 5.41) is 5.73. The Kier molecular flexibility index (Phi) is 3.55. The third-order valence-corrected chi connectivity index (χ3v) is 4.32. The number of hydrogen-bond donors (Lipinski definition) is 2. The topological polar surface area (TPSA) is 41.1 Å². The highest BCUT2D eigenvalue weighted by Crippen LogP contribution is 2.38. The van der Waals surface area contributed by atoms with Crippen LogP contribution in [0, 0.1) is 5.92 Å². The number of hydrogen-bond acceptors (Lipinski definition) is 2. The molecule has 1 aliphatic carbocycles. The van der Waals surface area contributed by atoms with Crippen molar-refractivity contribution < 1.29 is 18.0 Å². The highest BCUT2D eigenvalue weighted by Gasteiger charge is 2.35. The number of alkyl halides is 3.